The fourth-order valence-electron chi connectivity index (χ4n) is 2.88. The second kappa shape index (κ2) is 6.73. The van der Waals surface area contributed by atoms with Crippen molar-refractivity contribution in [1.29, 1.82) is 0 Å². The lowest BCUT2D eigenvalue weighted by atomic mass is 9.83. The first-order valence-electron chi connectivity index (χ1n) is 7.73. The van der Waals surface area contributed by atoms with Gasteiger partial charge in [-0.05, 0) is 50.1 Å². The molecule has 21 heavy (non-hydrogen) atoms. The molecular weight excluding hydrogens is 280 g/mol. The first-order valence-corrected chi connectivity index (χ1v) is 8.78. The van der Waals surface area contributed by atoms with Crippen molar-refractivity contribution in [3.63, 3.8) is 0 Å². The molecule has 116 valence electrons. The molecule has 3 nitrogen and oxygen atoms in total. The number of amides is 1. The number of nitrogens with one attached hydrogen (secondary N) is 1. The Kier molecular flexibility index (Phi) is 5.20. The predicted octanol–water partition coefficient (Wildman–Crippen LogP) is 3.34. The van der Waals surface area contributed by atoms with Gasteiger partial charge in [0.15, 0.2) is 0 Å². The molecule has 0 aliphatic heterocycles. The summed E-state index contributed by atoms with van der Waals surface area (Å²) >= 11 is 1.97. The minimum atomic E-state index is -0.530. The summed E-state index contributed by atoms with van der Waals surface area (Å²) in [5.74, 6) is 1.22. The molecule has 2 rings (SSSR count). The summed E-state index contributed by atoms with van der Waals surface area (Å²) in [6.45, 7) is 6.13. The second-order valence-corrected chi connectivity index (χ2v) is 7.77. The average molecular weight is 306 g/mol. The molecule has 1 aromatic carbocycles. The molecular formula is C17H26N2OS. The number of thioether (sulfide) groups is 1. The first-order chi connectivity index (χ1) is 9.95. The Morgan fingerprint density at radius 3 is 2.62 bits per heavy atom. The van der Waals surface area contributed by atoms with Crippen LogP contribution in [0.4, 0.5) is 5.69 Å². The van der Waals surface area contributed by atoms with E-state index in [0.717, 1.165) is 23.4 Å². The molecule has 0 saturated heterocycles. The van der Waals surface area contributed by atoms with Gasteiger partial charge in [0, 0.05) is 17.0 Å². The number of nitrogen functional groups attached to an aromatic ring is 1. The quantitative estimate of drug-likeness (QED) is 0.820. The van der Waals surface area contributed by atoms with Crippen molar-refractivity contribution in [2.75, 3.05) is 11.5 Å². The molecule has 0 bridgehead atoms. The molecule has 1 amide bonds. The van der Waals surface area contributed by atoms with Crippen LogP contribution in [0.3, 0.4) is 0 Å². The monoisotopic (exact) mass is 306 g/mol. The number of anilines is 1. The Morgan fingerprint density at radius 1 is 1.33 bits per heavy atom. The molecule has 1 fully saturated rings. The average Bonchev–Trinajstić information content (AvgIpc) is 2.87. The van der Waals surface area contributed by atoms with E-state index in [4.69, 9.17) is 5.73 Å². The molecule has 0 aromatic heterocycles. The van der Waals surface area contributed by atoms with Crippen LogP contribution in [0.15, 0.2) is 24.3 Å². The standard InChI is InChI=1S/C17H26N2OS/c1-4-21-15-7-5-6-14(15)19-16(20)17(2,3)12-8-10-13(18)11-9-12/h8-11,14-15H,4-7,18H2,1-3H3,(H,19,20). The number of hydrogen-bond donors (Lipinski definition) is 2. The fraction of sp³-hybridized carbons (Fsp3) is 0.588. The highest BCUT2D eigenvalue weighted by atomic mass is 32.2. The maximum absolute atomic E-state index is 12.7. The van der Waals surface area contributed by atoms with Crippen LogP contribution < -0.4 is 11.1 Å². The minimum absolute atomic E-state index is 0.112. The van der Waals surface area contributed by atoms with Crippen molar-refractivity contribution in [3.05, 3.63) is 29.8 Å². The van der Waals surface area contributed by atoms with Gasteiger partial charge in [0.1, 0.15) is 0 Å². The third kappa shape index (κ3) is 3.73. The van der Waals surface area contributed by atoms with Crippen LogP contribution in [0.5, 0.6) is 0 Å². The molecule has 3 N–H and O–H groups in total. The number of rotatable bonds is 5. The van der Waals surface area contributed by atoms with E-state index in [-0.39, 0.29) is 5.91 Å². The number of hydrogen-bond acceptors (Lipinski definition) is 3. The van der Waals surface area contributed by atoms with Crippen LogP contribution in [0.1, 0.15) is 45.6 Å². The van der Waals surface area contributed by atoms with Crippen LogP contribution in [-0.2, 0) is 10.2 Å². The van der Waals surface area contributed by atoms with Crippen LogP contribution in [-0.4, -0.2) is 23.0 Å². The highest BCUT2D eigenvalue weighted by Crippen LogP contribution is 2.31. The lowest BCUT2D eigenvalue weighted by molar-refractivity contribution is -0.126. The number of carbonyl (C=O) groups excluding carboxylic acids is 1. The summed E-state index contributed by atoms with van der Waals surface area (Å²) in [6, 6.07) is 7.92. The van der Waals surface area contributed by atoms with Gasteiger partial charge in [-0.1, -0.05) is 25.5 Å². The van der Waals surface area contributed by atoms with Gasteiger partial charge in [-0.25, -0.2) is 0 Å². The number of nitrogens with two attached hydrogens (primary N) is 1. The topological polar surface area (TPSA) is 55.1 Å². The zero-order valence-corrected chi connectivity index (χ0v) is 14.0. The summed E-state index contributed by atoms with van der Waals surface area (Å²) in [6.07, 6.45) is 3.53. The van der Waals surface area contributed by atoms with Gasteiger partial charge in [-0.2, -0.15) is 11.8 Å². The van der Waals surface area contributed by atoms with Gasteiger partial charge in [0.25, 0.3) is 0 Å². The molecule has 4 heteroatoms. The van der Waals surface area contributed by atoms with E-state index in [1.165, 1.54) is 12.8 Å². The molecule has 1 aromatic rings. The zero-order chi connectivity index (χ0) is 15.5. The van der Waals surface area contributed by atoms with Crippen LogP contribution >= 0.6 is 11.8 Å². The highest BCUT2D eigenvalue weighted by Gasteiger charge is 2.35. The Hall–Kier alpha value is -1.16. The van der Waals surface area contributed by atoms with Crippen molar-refractivity contribution in [2.45, 2.75) is 56.7 Å². The van der Waals surface area contributed by atoms with Gasteiger partial charge in [0.2, 0.25) is 5.91 Å². The molecule has 1 aliphatic carbocycles. The summed E-state index contributed by atoms with van der Waals surface area (Å²) in [4.78, 5) is 12.7. The van der Waals surface area contributed by atoms with E-state index in [9.17, 15) is 4.79 Å². The highest BCUT2D eigenvalue weighted by molar-refractivity contribution is 7.99. The summed E-state index contributed by atoms with van der Waals surface area (Å²) < 4.78 is 0. The molecule has 2 unspecified atom stereocenters. The Labute approximate surface area is 132 Å². The minimum Gasteiger partial charge on any atom is -0.399 e. The van der Waals surface area contributed by atoms with Crippen LogP contribution in [0.2, 0.25) is 0 Å². The van der Waals surface area contributed by atoms with Crippen molar-refractivity contribution in [3.8, 4) is 0 Å². The first kappa shape index (κ1) is 16.2. The SMILES string of the molecule is CCSC1CCCC1NC(=O)C(C)(C)c1ccc(N)cc1. The van der Waals surface area contributed by atoms with Gasteiger partial charge >= 0.3 is 0 Å². The largest absolute Gasteiger partial charge is 0.399 e. The Morgan fingerprint density at radius 2 is 2.00 bits per heavy atom. The summed E-state index contributed by atoms with van der Waals surface area (Å²) in [5.41, 5.74) is 6.93. The van der Waals surface area contributed by atoms with Crippen molar-refractivity contribution >= 4 is 23.4 Å². The molecule has 0 spiro atoms. The molecule has 0 radical (unpaired) electrons. The van der Waals surface area contributed by atoms with E-state index in [0.29, 0.717) is 11.3 Å². The third-order valence-electron chi connectivity index (χ3n) is 4.35. The third-order valence-corrected chi connectivity index (χ3v) is 5.68. The maximum Gasteiger partial charge on any atom is 0.230 e. The van der Waals surface area contributed by atoms with E-state index in [1.807, 2.05) is 49.9 Å². The van der Waals surface area contributed by atoms with Gasteiger partial charge < -0.3 is 11.1 Å². The van der Waals surface area contributed by atoms with Crippen LogP contribution in [0, 0.1) is 0 Å². The van der Waals surface area contributed by atoms with Gasteiger partial charge in [0.05, 0.1) is 5.41 Å². The number of benzene rings is 1. The van der Waals surface area contributed by atoms with E-state index in [1.54, 1.807) is 0 Å². The van der Waals surface area contributed by atoms with E-state index in [2.05, 4.69) is 12.2 Å². The van der Waals surface area contributed by atoms with E-state index >= 15 is 0 Å². The molecule has 1 aliphatic rings. The van der Waals surface area contributed by atoms with Gasteiger partial charge in [-0.3, -0.25) is 4.79 Å². The van der Waals surface area contributed by atoms with E-state index < -0.39 is 5.41 Å². The summed E-state index contributed by atoms with van der Waals surface area (Å²) in [5, 5.41) is 3.85. The normalized spacial score (nSPS) is 22.2. The zero-order valence-electron chi connectivity index (χ0n) is 13.2. The number of carbonyl (C=O) groups is 1. The maximum atomic E-state index is 12.7. The Balaban J connectivity index is 2.06. The predicted molar refractivity (Wildman–Crippen MR) is 91.6 cm³/mol. The smallest absolute Gasteiger partial charge is 0.230 e. The summed E-state index contributed by atoms with van der Waals surface area (Å²) in [7, 11) is 0. The van der Waals surface area contributed by atoms with Gasteiger partial charge in [-0.15, -0.1) is 0 Å². The van der Waals surface area contributed by atoms with Crippen molar-refractivity contribution in [2.24, 2.45) is 0 Å². The van der Waals surface area contributed by atoms with Crippen LogP contribution in [0.25, 0.3) is 0 Å². The lowest BCUT2D eigenvalue weighted by Gasteiger charge is -2.28. The second-order valence-electron chi connectivity index (χ2n) is 6.25. The molecule has 1 saturated carbocycles. The lowest BCUT2D eigenvalue weighted by Crippen LogP contribution is -2.47. The van der Waals surface area contributed by atoms with Crippen molar-refractivity contribution < 1.29 is 4.79 Å². The Bertz CT molecular complexity index is 484. The molecule has 2 atom stereocenters. The van der Waals surface area contributed by atoms with Crippen molar-refractivity contribution in [1.82, 2.24) is 5.32 Å². The molecule has 0 heterocycles. The fourth-order valence-corrected chi connectivity index (χ4v) is 4.08.